The highest BCUT2D eigenvalue weighted by Gasteiger charge is 2.25. The summed E-state index contributed by atoms with van der Waals surface area (Å²) in [6, 6.07) is 7.10. The largest absolute Gasteiger partial charge is 0.384 e. The van der Waals surface area contributed by atoms with Crippen LogP contribution in [0.2, 0.25) is 5.02 Å². The lowest BCUT2D eigenvalue weighted by Crippen LogP contribution is -2.29. The summed E-state index contributed by atoms with van der Waals surface area (Å²) in [4.78, 5) is 30.8. The van der Waals surface area contributed by atoms with Crippen LogP contribution in [0.5, 0.6) is 0 Å². The lowest BCUT2D eigenvalue weighted by Gasteiger charge is -2.23. The number of benzene rings is 1. The van der Waals surface area contributed by atoms with E-state index in [0.29, 0.717) is 24.4 Å². The van der Waals surface area contributed by atoms with Gasteiger partial charge in [0.2, 0.25) is 0 Å². The number of nitrogen functional groups attached to an aromatic ring is 2. The summed E-state index contributed by atoms with van der Waals surface area (Å²) < 4.78 is 15.5. The molecule has 0 spiro atoms. The van der Waals surface area contributed by atoms with Gasteiger partial charge >= 0.3 is 0 Å². The van der Waals surface area contributed by atoms with Crippen molar-refractivity contribution in [2.75, 3.05) is 16.8 Å². The molecule has 1 aromatic carbocycles. The number of aryl methyl sites for hydroxylation is 1. The van der Waals surface area contributed by atoms with Crippen molar-refractivity contribution in [2.45, 2.75) is 32.7 Å². The Morgan fingerprint density at radius 1 is 1.23 bits per heavy atom. The van der Waals surface area contributed by atoms with E-state index in [2.05, 4.69) is 25.3 Å². The first-order chi connectivity index (χ1) is 16.7. The van der Waals surface area contributed by atoms with Crippen LogP contribution in [0.3, 0.4) is 0 Å². The number of halogens is 2. The molecule has 0 radical (unpaired) electrons. The molecule has 35 heavy (non-hydrogen) atoms. The topological polar surface area (TPSA) is 161 Å². The van der Waals surface area contributed by atoms with Crippen molar-refractivity contribution in [1.29, 1.82) is 5.26 Å². The molecule has 0 fully saturated rings. The maximum absolute atomic E-state index is 14.2. The van der Waals surface area contributed by atoms with Gasteiger partial charge in [-0.25, -0.2) is 24.3 Å². The van der Waals surface area contributed by atoms with Gasteiger partial charge in [-0.2, -0.15) is 5.26 Å². The maximum atomic E-state index is 14.2. The number of pyridine rings is 1. The van der Waals surface area contributed by atoms with Crippen LogP contribution in [-0.2, 0) is 0 Å². The highest BCUT2D eigenvalue weighted by Crippen LogP contribution is 2.29. The lowest BCUT2D eigenvalue weighted by atomic mass is 10.1. The zero-order valence-corrected chi connectivity index (χ0v) is 19.6. The molecular weight excluding hydrogens is 473 g/mol. The third-order valence-electron chi connectivity index (χ3n) is 5.34. The third-order valence-corrected chi connectivity index (χ3v) is 5.71. The van der Waals surface area contributed by atoms with Gasteiger partial charge in [-0.15, -0.1) is 0 Å². The van der Waals surface area contributed by atoms with Gasteiger partial charge < -0.3 is 16.8 Å². The van der Waals surface area contributed by atoms with Crippen LogP contribution in [-0.4, -0.2) is 24.5 Å². The van der Waals surface area contributed by atoms with Crippen LogP contribution in [0.15, 0.2) is 35.3 Å². The third kappa shape index (κ3) is 4.43. The van der Waals surface area contributed by atoms with E-state index in [1.54, 1.807) is 13.0 Å². The number of fused-ring (bicyclic) bond motifs is 1. The molecule has 3 aromatic heterocycles. The monoisotopic (exact) mass is 493 g/mol. The van der Waals surface area contributed by atoms with Crippen LogP contribution >= 0.6 is 11.6 Å². The molecule has 0 aliphatic heterocycles. The number of rotatable bonds is 6. The Labute approximate surface area is 204 Å². The van der Waals surface area contributed by atoms with Gasteiger partial charge in [0.15, 0.2) is 5.82 Å². The molecule has 1 atom stereocenters. The number of nitrogens with one attached hydrogen (secondary N) is 1. The predicted octanol–water partition coefficient (Wildman–Crippen LogP) is 3.66. The quantitative estimate of drug-likeness (QED) is 0.363. The molecule has 0 amide bonds. The highest BCUT2D eigenvalue weighted by atomic mass is 35.5. The number of nitrogens with two attached hydrogens (primary N) is 2. The summed E-state index contributed by atoms with van der Waals surface area (Å²) in [5, 5.41) is 12.4. The summed E-state index contributed by atoms with van der Waals surface area (Å²) in [6.07, 6.45) is 2.61. The van der Waals surface area contributed by atoms with Crippen LogP contribution in [0.25, 0.3) is 16.6 Å². The van der Waals surface area contributed by atoms with E-state index in [-0.39, 0.29) is 44.8 Å². The second kappa shape index (κ2) is 9.52. The van der Waals surface area contributed by atoms with Crippen molar-refractivity contribution in [3.8, 4) is 11.8 Å². The second-order valence-corrected chi connectivity index (χ2v) is 8.16. The van der Waals surface area contributed by atoms with Gasteiger partial charge in [-0.3, -0.25) is 9.36 Å². The van der Waals surface area contributed by atoms with E-state index in [1.807, 2.05) is 13.0 Å². The summed E-state index contributed by atoms with van der Waals surface area (Å²) >= 11 is 6.17. The molecule has 5 N–H and O–H groups in total. The number of nitriles is 1. The molecule has 10 nitrogen and oxygen atoms in total. The Morgan fingerprint density at radius 3 is 2.66 bits per heavy atom. The second-order valence-electron chi connectivity index (χ2n) is 7.78. The van der Waals surface area contributed by atoms with Crippen molar-refractivity contribution in [1.82, 2.24) is 24.5 Å². The first-order valence-electron chi connectivity index (χ1n) is 10.7. The van der Waals surface area contributed by atoms with Gasteiger partial charge in [-0.05, 0) is 37.6 Å². The van der Waals surface area contributed by atoms with Crippen molar-refractivity contribution in [3.05, 3.63) is 68.9 Å². The van der Waals surface area contributed by atoms with Gasteiger partial charge in [-0.1, -0.05) is 24.9 Å². The van der Waals surface area contributed by atoms with E-state index >= 15 is 0 Å². The summed E-state index contributed by atoms with van der Waals surface area (Å²) in [5.74, 6) is 0.429. The zero-order valence-electron chi connectivity index (χ0n) is 18.9. The highest BCUT2D eigenvalue weighted by molar-refractivity contribution is 6.35. The van der Waals surface area contributed by atoms with Crippen LogP contribution in [0.4, 0.5) is 21.8 Å². The minimum atomic E-state index is -0.735. The molecular formula is C23H21ClFN9O. The molecule has 12 heteroatoms. The molecule has 3 heterocycles. The Morgan fingerprint density at radius 2 is 2.00 bits per heavy atom. The molecule has 178 valence electrons. The summed E-state index contributed by atoms with van der Waals surface area (Å²) in [7, 11) is 0. The van der Waals surface area contributed by atoms with Crippen LogP contribution in [0, 0.1) is 24.1 Å². The number of nitrogens with zero attached hydrogens (tertiary/aromatic N) is 6. The molecule has 0 unspecified atom stereocenters. The van der Waals surface area contributed by atoms with E-state index in [4.69, 9.17) is 23.1 Å². The van der Waals surface area contributed by atoms with Gasteiger partial charge in [0, 0.05) is 0 Å². The fourth-order valence-corrected chi connectivity index (χ4v) is 4.01. The molecule has 0 bridgehead atoms. The number of aromatic nitrogens is 5. The van der Waals surface area contributed by atoms with E-state index in [1.165, 1.54) is 22.9 Å². The number of anilines is 3. The minimum Gasteiger partial charge on any atom is -0.384 e. The molecule has 0 aliphatic carbocycles. The van der Waals surface area contributed by atoms with Crippen LogP contribution < -0.4 is 22.3 Å². The normalized spacial score (nSPS) is 11.9. The smallest absolute Gasteiger partial charge is 0.267 e. The maximum Gasteiger partial charge on any atom is 0.267 e. The fraction of sp³-hybridized carbons (Fsp3) is 0.217. The first kappa shape index (κ1) is 23.8. The van der Waals surface area contributed by atoms with Crippen molar-refractivity contribution in [3.63, 3.8) is 0 Å². The average Bonchev–Trinajstić information content (AvgIpc) is 2.81. The fourth-order valence-electron chi connectivity index (χ4n) is 3.77. The predicted molar refractivity (Wildman–Crippen MR) is 132 cm³/mol. The Kier molecular flexibility index (Phi) is 6.48. The molecule has 4 rings (SSSR count). The SMILES string of the molecule is CCC[C@H](Nc1nc(C)nc(N)c1C#N)c1nc2ccc(F)c(Cl)c2c(=O)n1-c1ccc(N)nc1. The van der Waals surface area contributed by atoms with Gasteiger partial charge in [0.1, 0.15) is 40.7 Å². The molecule has 0 saturated heterocycles. The summed E-state index contributed by atoms with van der Waals surface area (Å²) in [5.41, 5.74) is 11.7. The van der Waals surface area contributed by atoms with Crippen molar-refractivity contribution < 1.29 is 4.39 Å². The van der Waals surface area contributed by atoms with Gasteiger partial charge in [0.05, 0.1) is 33.9 Å². The van der Waals surface area contributed by atoms with E-state index < -0.39 is 17.4 Å². The van der Waals surface area contributed by atoms with E-state index in [0.717, 1.165) is 6.07 Å². The standard InChI is InChI=1S/C23H21ClFN9O/c1-3-4-16(32-21-13(9-26)20(28)30-11(2)31-21)22-33-15-7-6-14(25)19(24)18(15)23(35)34(22)12-5-8-17(27)29-10-12/h5-8,10,16H,3-4H2,1-2H3,(H2,27,29)(H3,28,30,31,32)/t16-/m0/s1. The summed E-state index contributed by atoms with van der Waals surface area (Å²) in [6.45, 7) is 3.61. The van der Waals surface area contributed by atoms with Crippen molar-refractivity contribution in [2.24, 2.45) is 0 Å². The first-order valence-corrected chi connectivity index (χ1v) is 11.1. The van der Waals surface area contributed by atoms with E-state index in [9.17, 15) is 14.4 Å². The number of hydrogen-bond acceptors (Lipinski definition) is 9. The molecule has 0 aliphatic rings. The molecule has 0 saturated carbocycles. The number of hydrogen-bond donors (Lipinski definition) is 3. The molecule has 4 aromatic rings. The Balaban J connectivity index is 2.01. The zero-order chi connectivity index (χ0) is 25.3. The van der Waals surface area contributed by atoms with Crippen molar-refractivity contribution >= 4 is 40.0 Å². The van der Waals surface area contributed by atoms with Gasteiger partial charge in [0.25, 0.3) is 5.56 Å². The lowest BCUT2D eigenvalue weighted by molar-refractivity contribution is 0.612. The Hall–Kier alpha value is -4.30. The van der Waals surface area contributed by atoms with Crippen LogP contribution in [0.1, 0.15) is 43.0 Å². The Bertz CT molecular complexity index is 1530. The average molecular weight is 494 g/mol. The minimum absolute atomic E-state index is 0.0339.